The van der Waals surface area contributed by atoms with Gasteiger partial charge in [0, 0.05) is 28.3 Å². The van der Waals surface area contributed by atoms with Gasteiger partial charge in [0.2, 0.25) is 0 Å². The van der Waals surface area contributed by atoms with Crippen LogP contribution in [0.2, 0.25) is 0 Å². The summed E-state index contributed by atoms with van der Waals surface area (Å²) >= 11 is 0. The van der Waals surface area contributed by atoms with Gasteiger partial charge in [-0.2, -0.15) is 0 Å². The molecule has 3 heteroatoms. The van der Waals surface area contributed by atoms with E-state index in [1.165, 1.54) is 22.3 Å². The molecule has 0 radical (unpaired) electrons. The lowest BCUT2D eigenvalue weighted by Crippen LogP contribution is -2.28. The third-order valence-corrected chi connectivity index (χ3v) is 4.56. The number of hydrogen-bond donors (Lipinski definition) is 1. The lowest BCUT2D eigenvalue weighted by molar-refractivity contribution is 0.589. The van der Waals surface area contributed by atoms with E-state index >= 15 is 0 Å². The Hall–Kier alpha value is -0.670. The molecule has 1 rings (SSSR count). The summed E-state index contributed by atoms with van der Waals surface area (Å²) in [6.07, 6.45) is 0. The number of nitrogens with one attached hydrogen (secondary N) is 1. The third kappa shape index (κ3) is 3.92. The summed E-state index contributed by atoms with van der Waals surface area (Å²) in [6, 6.07) is 4.62. The smallest absolute Gasteiger partial charge is 0.0442 e. The second kappa shape index (κ2) is 7.05. The van der Waals surface area contributed by atoms with Crippen LogP contribution in [0.15, 0.2) is 12.1 Å². The summed E-state index contributed by atoms with van der Waals surface area (Å²) in [5.74, 6) is 1.43. The van der Waals surface area contributed by atoms with Crippen molar-refractivity contribution in [1.29, 1.82) is 0 Å². The summed E-state index contributed by atoms with van der Waals surface area (Å²) in [6.45, 7) is 11.4. The van der Waals surface area contributed by atoms with Crippen LogP contribution in [-0.2, 0) is 10.8 Å². The van der Waals surface area contributed by atoms with E-state index in [0.717, 1.165) is 12.3 Å². The number of rotatable bonds is 6. The lowest BCUT2D eigenvalue weighted by atomic mass is 9.95. The van der Waals surface area contributed by atoms with Crippen molar-refractivity contribution >= 4 is 10.8 Å². The quantitative estimate of drug-likeness (QED) is 0.858. The van der Waals surface area contributed by atoms with Crippen molar-refractivity contribution in [2.45, 2.75) is 40.7 Å². The highest BCUT2D eigenvalue weighted by Crippen LogP contribution is 2.24. The van der Waals surface area contributed by atoms with Gasteiger partial charge in [-0.3, -0.25) is 4.21 Å². The fourth-order valence-corrected chi connectivity index (χ4v) is 3.43. The molecule has 0 spiro atoms. The number of hydrogen-bond acceptors (Lipinski definition) is 2. The van der Waals surface area contributed by atoms with Crippen molar-refractivity contribution < 1.29 is 4.21 Å². The SMILES string of the molecule is CCNC(CS(=O)CC)c1c(C)cc(C)cc1C. The molecule has 1 N–H and O–H groups in total. The molecule has 0 bridgehead atoms. The first-order valence-electron chi connectivity index (χ1n) is 6.65. The molecular weight excluding hydrogens is 242 g/mol. The van der Waals surface area contributed by atoms with Crippen molar-refractivity contribution in [2.75, 3.05) is 18.1 Å². The maximum absolute atomic E-state index is 11.8. The predicted octanol–water partition coefficient (Wildman–Crippen LogP) is 3.03. The van der Waals surface area contributed by atoms with Crippen LogP contribution in [0, 0.1) is 20.8 Å². The highest BCUT2D eigenvalue weighted by Gasteiger charge is 2.17. The molecule has 2 unspecified atom stereocenters. The van der Waals surface area contributed by atoms with E-state index in [-0.39, 0.29) is 6.04 Å². The van der Waals surface area contributed by atoms with E-state index in [9.17, 15) is 4.21 Å². The van der Waals surface area contributed by atoms with Crippen molar-refractivity contribution in [3.63, 3.8) is 0 Å². The first-order valence-corrected chi connectivity index (χ1v) is 8.14. The van der Waals surface area contributed by atoms with E-state index in [4.69, 9.17) is 0 Å². The maximum atomic E-state index is 11.8. The molecule has 1 aromatic rings. The van der Waals surface area contributed by atoms with Gasteiger partial charge in [-0.05, 0) is 44.0 Å². The largest absolute Gasteiger partial charge is 0.309 e. The lowest BCUT2D eigenvalue weighted by Gasteiger charge is -2.22. The maximum Gasteiger partial charge on any atom is 0.0442 e. The number of benzene rings is 1. The first-order chi connectivity index (χ1) is 8.49. The molecule has 0 aliphatic heterocycles. The molecule has 102 valence electrons. The Balaban J connectivity index is 3.09. The fraction of sp³-hybridized carbons (Fsp3) is 0.600. The van der Waals surface area contributed by atoms with Gasteiger partial charge < -0.3 is 5.32 Å². The van der Waals surface area contributed by atoms with Crippen LogP contribution in [0.3, 0.4) is 0 Å². The molecule has 0 saturated carbocycles. The van der Waals surface area contributed by atoms with E-state index < -0.39 is 10.8 Å². The third-order valence-electron chi connectivity index (χ3n) is 3.21. The molecule has 1 aromatic carbocycles. The minimum atomic E-state index is -0.743. The molecular formula is C15H25NOS. The van der Waals surface area contributed by atoms with Crippen LogP contribution < -0.4 is 5.32 Å². The van der Waals surface area contributed by atoms with Crippen molar-refractivity contribution in [3.8, 4) is 0 Å². The van der Waals surface area contributed by atoms with Gasteiger partial charge in [0.25, 0.3) is 0 Å². The van der Waals surface area contributed by atoms with Gasteiger partial charge in [-0.1, -0.05) is 31.5 Å². The van der Waals surface area contributed by atoms with Gasteiger partial charge in [0.05, 0.1) is 0 Å². The zero-order valence-corrected chi connectivity index (χ0v) is 13.0. The Morgan fingerprint density at radius 3 is 2.17 bits per heavy atom. The average Bonchev–Trinajstić information content (AvgIpc) is 2.27. The zero-order chi connectivity index (χ0) is 13.7. The minimum absolute atomic E-state index is 0.205. The fourth-order valence-electron chi connectivity index (χ4n) is 2.54. The Morgan fingerprint density at radius 2 is 1.72 bits per heavy atom. The summed E-state index contributed by atoms with van der Waals surface area (Å²) in [4.78, 5) is 0. The predicted molar refractivity (Wildman–Crippen MR) is 80.6 cm³/mol. The standard InChI is InChI=1S/C15H25NOS/c1-6-16-14(10-18(17)7-2)15-12(4)8-11(3)9-13(15)5/h8-9,14,16H,6-7,10H2,1-5H3. The van der Waals surface area contributed by atoms with E-state index in [1.54, 1.807) is 0 Å². The van der Waals surface area contributed by atoms with Crippen molar-refractivity contribution in [2.24, 2.45) is 0 Å². The molecule has 2 nitrogen and oxygen atoms in total. The van der Waals surface area contributed by atoms with Crippen LogP contribution >= 0.6 is 0 Å². The highest BCUT2D eigenvalue weighted by atomic mass is 32.2. The second-order valence-electron chi connectivity index (χ2n) is 4.82. The topological polar surface area (TPSA) is 29.1 Å². The molecule has 0 aliphatic rings. The van der Waals surface area contributed by atoms with Gasteiger partial charge in [-0.25, -0.2) is 0 Å². The Bertz CT molecular complexity index is 405. The highest BCUT2D eigenvalue weighted by molar-refractivity contribution is 7.84. The average molecular weight is 267 g/mol. The van der Waals surface area contributed by atoms with E-state index in [2.05, 4.69) is 45.1 Å². The van der Waals surface area contributed by atoms with Gasteiger partial charge in [0.1, 0.15) is 0 Å². The van der Waals surface area contributed by atoms with Crippen molar-refractivity contribution in [1.82, 2.24) is 5.32 Å². The normalized spacial score (nSPS) is 14.5. The number of aryl methyl sites for hydroxylation is 3. The molecule has 0 amide bonds. The summed E-state index contributed by atoms with van der Waals surface area (Å²) in [7, 11) is -0.743. The molecule has 0 aliphatic carbocycles. The van der Waals surface area contributed by atoms with Crippen LogP contribution in [-0.4, -0.2) is 22.3 Å². The Kier molecular flexibility index (Phi) is 6.03. The minimum Gasteiger partial charge on any atom is -0.309 e. The van der Waals surface area contributed by atoms with Crippen LogP contribution in [0.1, 0.15) is 42.1 Å². The Labute approximate surface area is 114 Å². The monoisotopic (exact) mass is 267 g/mol. The van der Waals surface area contributed by atoms with E-state index in [0.29, 0.717) is 5.75 Å². The molecule has 0 heterocycles. The second-order valence-corrected chi connectivity index (χ2v) is 6.61. The van der Waals surface area contributed by atoms with Gasteiger partial charge in [0.15, 0.2) is 0 Å². The summed E-state index contributed by atoms with van der Waals surface area (Å²) < 4.78 is 11.8. The van der Waals surface area contributed by atoms with E-state index in [1.807, 2.05) is 6.92 Å². The van der Waals surface area contributed by atoms with Crippen LogP contribution in [0.4, 0.5) is 0 Å². The van der Waals surface area contributed by atoms with Crippen molar-refractivity contribution in [3.05, 3.63) is 34.4 Å². The molecule has 0 aromatic heterocycles. The molecule has 0 fully saturated rings. The summed E-state index contributed by atoms with van der Waals surface area (Å²) in [5, 5.41) is 3.47. The molecule has 0 saturated heterocycles. The van der Waals surface area contributed by atoms with Gasteiger partial charge >= 0.3 is 0 Å². The molecule has 2 atom stereocenters. The Morgan fingerprint density at radius 1 is 1.17 bits per heavy atom. The van der Waals surface area contributed by atoms with Crippen LogP contribution in [0.25, 0.3) is 0 Å². The molecule has 18 heavy (non-hydrogen) atoms. The van der Waals surface area contributed by atoms with Gasteiger partial charge in [-0.15, -0.1) is 0 Å². The zero-order valence-electron chi connectivity index (χ0n) is 12.2. The van der Waals surface area contributed by atoms with Crippen LogP contribution in [0.5, 0.6) is 0 Å². The summed E-state index contributed by atoms with van der Waals surface area (Å²) in [5.41, 5.74) is 5.21. The first kappa shape index (κ1) is 15.4.